The van der Waals surface area contributed by atoms with Gasteiger partial charge in [0, 0.05) is 29.3 Å². The van der Waals surface area contributed by atoms with E-state index >= 15 is 0 Å². The zero-order chi connectivity index (χ0) is 21.6. The van der Waals surface area contributed by atoms with Crippen molar-refractivity contribution in [2.24, 2.45) is 0 Å². The van der Waals surface area contributed by atoms with Gasteiger partial charge in [-0.2, -0.15) is 0 Å². The third-order valence-corrected chi connectivity index (χ3v) is 5.10. The Morgan fingerprint density at radius 1 is 1.07 bits per heavy atom. The third kappa shape index (κ3) is 7.14. The Hall–Kier alpha value is -2.45. The Labute approximate surface area is 180 Å². The zero-order valence-electron chi connectivity index (χ0n) is 15.4. The zero-order valence-corrected chi connectivity index (χ0v) is 17.8. The second-order valence-corrected chi connectivity index (χ2v) is 7.71. The molecule has 0 saturated heterocycles. The van der Waals surface area contributed by atoms with Gasteiger partial charge < -0.3 is 15.7 Å². The molecule has 0 aliphatic carbocycles. The minimum Gasteiger partial charge on any atom is -0.480 e. The molecule has 0 fully saturated rings. The molecule has 2 aromatic carbocycles. The van der Waals surface area contributed by atoms with Gasteiger partial charge in [-0.05, 0) is 41.5 Å². The van der Waals surface area contributed by atoms with Gasteiger partial charge in [-0.1, -0.05) is 39.7 Å². The first kappa shape index (κ1) is 22.8. The average molecular weight is 486 g/mol. The number of halogens is 3. The van der Waals surface area contributed by atoms with Gasteiger partial charge in [0.15, 0.2) is 0 Å². The Morgan fingerprint density at radius 2 is 1.72 bits per heavy atom. The molecule has 3 N–H and O–H groups in total. The summed E-state index contributed by atoms with van der Waals surface area (Å²) in [6, 6.07) is 8.18. The number of nitrogens with one attached hydrogen (secondary N) is 2. The van der Waals surface area contributed by atoms with Gasteiger partial charge in [-0.3, -0.25) is 9.59 Å². The van der Waals surface area contributed by atoms with Gasteiger partial charge in [0.25, 0.3) is 0 Å². The second kappa shape index (κ2) is 10.4. The molecule has 9 heteroatoms. The molecule has 2 aromatic rings. The molecule has 0 spiro atoms. The van der Waals surface area contributed by atoms with Crippen molar-refractivity contribution in [3.63, 3.8) is 0 Å². The molecule has 0 bridgehead atoms. The van der Waals surface area contributed by atoms with Gasteiger partial charge in [-0.15, -0.1) is 0 Å². The van der Waals surface area contributed by atoms with Crippen LogP contribution in [0.4, 0.5) is 4.39 Å². The number of carboxylic acids is 1. The van der Waals surface area contributed by atoms with E-state index in [-0.39, 0.29) is 12.8 Å². The van der Waals surface area contributed by atoms with Crippen LogP contribution in [0.25, 0.3) is 0 Å². The van der Waals surface area contributed by atoms with Crippen LogP contribution in [0.5, 0.6) is 0 Å². The van der Waals surface area contributed by atoms with Gasteiger partial charge >= 0.3 is 5.97 Å². The largest absolute Gasteiger partial charge is 0.480 e. The van der Waals surface area contributed by atoms with Crippen LogP contribution >= 0.6 is 27.5 Å². The van der Waals surface area contributed by atoms with Crippen LogP contribution < -0.4 is 10.6 Å². The van der Waals surface area contributed by atoms with E-state index in [0.717, 1.165) is 0 Å². The summed E-state index contributed by atoms with van der Waals surface area (Å²) in [5.41, 5.74) is 1.23. The lowest BCUT2D eigenvalue weighted by molar-refractivity contribution is -0.142. The molecule has 0 aromatic heterocycles. The van der Waals surface area contributed by atoms with Crippen LogP contribution in [0.3, 0.4) is 0 Å². The Kier molecular flexibility index (Phi) is 8.16. The van der Waals surface area contributed by atoms with E-state index in [9.17, 15) is 23.9 Å². The van der Waals surface area contributed by atoms with E-state index in [1.54, 1.807) is 18.2 Å². The van der Waals surface area contributed by atoms with Crippen molar-refractivity contribution in [3.8, 4) is 0 Å². The van der Waals surface area contributed by atoms with E-state index < -0.39 is 35.7 Å². The fraction of sp³-hybridized carbons (Fsp3) is 0.250. The summed E-state index contributed by atoms with van der Waals surface area (Å²) < 4.78 is 13.8. The number of carbonyl (C=O) groups excluding carboxylic acids is 2. The lowest BCUT2D eigenvalue weighted by atomic mass is 10.0. The van der Waals surface area contributed by atoms with Crippen molar-refractivity contribution in [3.05, 3.63) is 68.9 Å². The van der Waals surface area contributed by atoms with Gasteiger partial charge in [0.1, 0.15) is 17.9 Å². The number of carbonyl (C=O) groups is 3. The summed E-state index contributed by atoms with van der Waals surface area (Å²) in [6.45, 7) is 1.25. The van der Waals surface area contributed by atoms with Gasteiger partial charge in [-0.25, -0.2) is 9.18 Å². The lowest BCUT2D eigenvalue weighted by Gasteiger charge is -2.21. The summed E-state index contributed by atoms with van der Waals surface area (Å²) >= 11 is 9.30. The average Bonchev–Trinajstić information content (AvgIpc) is 2.64. The minimum absolute atomic E-state index is 0.00838. The highest BCUT2D eigenvalue weighted by molar-refractivity contribution is 9.10. The fourth-order valence-corrected chi connectivity index (χ4v) is 3.31. The number of rotatable bonds is 8. The van der Waals surface area contributed by atoms with E-state index in [2.05, 4.69) is 26.6 Å². The van der Waals surface area contributed by atoms with Crippen LogP contribution in [-0.4, -0.2) is 35.0 Å². The third-order valence-electron chi connectivity index (χ3n) is 4.09. The smallest absolute Gasteiger partial charge is 0.326 e. The number of hydrogen-bond donors (Lipinski definition) is 3. The molecule has 0 saturated carbocycles. The molecule has 0 aliphatic rings. The predicted octanol–water partition coefficient (Wildman–Crippen LogP) is 3.10. The second-order valence-electron chi connectivity index (χ2n) is 6.42. The molecule has 2 atom stereocenters. The van der Waals surface area contributed by atoms with Crippen LogP contribution in [0.1, 0.15) is 18.1 Å². The Morgan fingerprint density at radius 3 is 2.31 bits per heavy atom. The molecular formula is C20H19BrClFN2O4. The highest BCUT2D eigenvalue weighted by Gasteiger charge is 2.27. The number of amides is 2. The predicted molar refractivity (Wildman–Crippen MR) is 110 cm³/mol. The summed E-state index contributed by atoms with van der Waals surface area (Å²) in [5, 5.41) is 14.9. The lowest BCUT2D eigenvalue weighted by Crippen LogP contribution is -2.52. The van der Waals surface area contributed by atoms with Crippen molar-refractivity contribution >= 4 is 45.3 Å². The molecule has 0 unspecified atom stereocenters. The molecule has 0 radical (unpaired) electrons. The normalized spacial score (nSPS) is 12.7. The first-order chi connectivity index (χ1) is 13.7. The number of benzene rings is 2. The molecule has 6 nitrogen and oxygen atoms in total. The molecular weight excluding hydrogens is 467 g/mol. The molecule has 0 heterocycles. The first-order valence-corrected chi connectivity index (χ1v) is 9.81. The molecule has 2 amide bonds. The number of carboxylic acid groups (broad SMARTS) is 1. The summed E-state index contributed by atoms with van der Waals surface area (Å²) in [4.78, 5) is 35.9. The highest BCUT2D eigenvalue weighted by atomic mass is 79.9. The maximum absolute atomic E-state index is 13.1. The van der Waals surface area contributed by atoms with Crippen molar-refractivity contribution < 1.29 is 23.9 Å². The summed E-state index contributed by atoms with van der Waals surface area (Å²) in [5.74, 6) is -2.76. The monoisotopic (exact) mass is 484 g/mol. The van der Waals surface area contributed by atoms with Gasteiger partial charge in [0.05, 0.1) is 0 Å². The Bertz CT molecular complexity index is 908. The van der Waals surface area contributed by atoms with Crippen molar-refractivity contribution in [1.29, 1.82) is 0 Å². The fourth-order valence-electron chi connectivity index (χ4n) is 2.70. The van der Waals surface area contributed by atoms with E-state index in [4.69, 9.17) is 11.6 Å². The molecule has 2 rings (SSSR count). The quantitative estimate of drug-likeness (QED) is 0.535. The van der Waals surface area contributed by atoms with E-state index in [0.29, 0.717) is 20.6 Å². The van der Waals surface area contributed by atoms with Crippen molar-refractivity contribution in [1.82, 2.24) is 10.6 Å². The van der Waals surface area contributed by atoms with Crippen molar-refractivity contribution in [2.45, 2.75) is 31.8 Å². The minimum atomic E-state index is -1.23. The van der Waals surface area contributed by atoms with Crippen LogP contribution in [-0.2, 0) is 27.2 Å². The molecule has 29 heavy (non-hydrogen) atoms. The van der Waals surface area contributed by atoms with E-state index in [1.807, 2.05) is 0 Å². The molecule has 0 aliphatic heterocycles. The van der Waals surface area contributed by atoms with Crippen LogP contribution in [0, 0.1) is 5.82 Å². The first-order valence-electron chi connectivity index (χ1n) is 8.64. The number of aliphatic carboxylic acids is 1. The molecule has 154 valence electrons. The topological polar surface area (TPSA) is 95.5 Å². The maximum Gasteiger partial charge on any atom is 0.326 e. The standard InChI is InChI=1S/C20H19BrClFN2O4/c1-11(26)24-17(8-12-2-5-15(23)6-3-12)19(27)25-18(20(28)29)10-13-9-14(22)4-7-16(13)21/h2-7,9,17-18H,8,10H2,1H3,(H,24,26)(H,25,27)(H,28,29)/t17-,18-/m0/s1. The Balaban J connectivity index is 2.16. The summed E-state index contributed by atoms with van der Waals surface area (Å²) in [7, 11) is 0. The maximum atomic E-state index is 13.1. The van der Waals surface area contributed by atoms with Crippen LogP contribution in [0.2, 0.25) is 5.02 Å². The van der Waals surface area contributed by atoms with E-state index in [1.165, 1.54) is 31.2 Å². The summed E-state index contributed by atoms with van der Waals surface area (Å²) in [6.07, 6.45) is 0.0739. The highest BCUT2D eigenvalue weighted by Crippen LogP contribution is 2.22. The SMILES string of the molecule is CC(=O)N[C@@H](Cc1ccc(F)cc1)C(=O)N[C@@H](Cc1cc(Cl)ccc1Br)C(=O)O. The van der Waals surface area contributed by atoms with Crippen molar-refractivity contribution in [2.75, 3.05) is 0 Å². The van der Waals surface area contributed by atoms with Gasteiger partial charge in [0.2, 0.25) is 11.8 Å². The number of hydrogen-bond acceptors (Lipinski definition) is 3. The van der Waals surface area contributed by atoms with Crippen LogP contribution in [0.15, 0.2) is 46.9 Å².